The zero-order chi connectivity index (χ0) is 31.0. The average molecular weight is 602 g/mol. The summed E-state index contributed by atoms with van der Waals surface area (Å²) in [6.07, 6.45) is 2.11. The van der Waals surface area contributed by atoms with Crippen LogP contribution in [0.2, 0.25) is 0 Å². The van der Waals surface area contributed by atoms with Crippen LogP contribution in [0.15, 0.2) is 70.4 Å². The Balaban J connectivity index is 1.10. The van der Waals surface area contributed by atoms with E-state index in [0.29, 0.717) is 18.1 Å². The standard InChI is InChI=1S/C32H26F3N5O4/c1-32(2,31-38-24-14-19(33)13-21(34)26(24)30(42)40-31)7-9-43-10-11-44-20-15-22(35)27-25(16-20)37-28(39-29(27)41)18-5-6-23-17(12-18)4-3-8-36-23/h3-6,8,12-16H,7,9-11H2,1-2H3,(H,37,39,41)(H,38,40,42). The first-order valence-corrected chi connectivity index (χ1v) is 13.8. The van der Waals surface area contributed by atoms with Crippen LogP contribution in [-0.4, -0.2) is 44.7 Å². The van der Waals surface area contributed by atoms with Gasteiger partial charge in [0.25, 0.3) is 11.1 Å². The van der Waals surface area contributed by atoms with Gasteiger partial charge >= 0.3 is 0 Å². The maximum atomic E-state index is 14.9. The number of hydrogen-bond acceptors (Lipinski definition) is 7. The molecule has 0 saturated carbocycles. The molecule has 0 radical (unpaired) electrons. The van der Waals surface area contributed by atoms with E-state index >= 15 is 0 Å². The van der Waals surface area contributed by atoms with E-state index in [4.69, 9.17) is 9.47 Å². The summed E-state index contributed by atoms with van der Waals surface area (Å²) in [7, 11) is 0. The minimum absolute atomic E-state index is 0.0653. The Morgan fingerprint density at radius 3 is 2.36 bits per heavy atom. The van der Waals surface area contributed by atoms with Crippen molar-refractivity contribution >= 4 is 32.7 Å². The minimum atomic E-state index is -0.974. The van der Waals surface area contributed by atoms with Crippen molar-refractivity contribution < 1.29 is 22.6 Å². The maximum Gasteiger partial charge on any atom is 0.262 e. The van der Waals surface area contributed by atoms with Crippen molar-refractivity contribution in [3.05, 3.63) is 105 Å². The summed E-state index contributed by atoms with van der Waals surface area (Å²) in [4.78, 5) is 43.5. The van der Waals surface area contributed by atoms with Gasteiger partial charge in [0, 0.05) is 53.4 Å². The third-order valence-corrected chi connectivity index (χ3v) is 7.34. The number of H-pyrrole nitrogens is 2. The molecule has 0 atom stereocenters. The summed E-state index contributed by atoms with van der Waals surface area (Å²) in [5.41, 5.74) is -0.463. The molecule has 0 bridgehead atoms. The van der Waals surface area contributed by atoms with Gasteiger partial charge < -0.3 is 19.4 Å². The predicted octanol–water partition coefficient (Wildman–Crippen LogP) is 5.56. The monoisotopic (exact) mass is 601 g/mol. The summed E-state index contributed by atoms with van der Waals surface area (Å²) in [5, 5.41) is 0.395. The van der Waals surface area contributed by atoms with Gasteiger partial charge in [-0.25, -0.2) is 23.1 Å². The van der Waals surface area contributed by atoms with Crippen LogP contribution in [0.3, 0.4) is 0 Å². The Bertz CT molecular complexity index is 2160. The normalized spacial score (nSPS) is 11.9. The Hall–Kier alpha value is -5.10. The molecule has 2 N–H and O–H groups in total. The minimum Gasteiger partial charge on any atom is -0.491 e. The zero-order valence-electron chi connectivity index (χ0n) is 23.7. The lowest BCUT2D eigenvalue weighted by molar-refractivity contribution is 0.0879. The lowest BCUT2D eigenvalue weighted by Crippen LogP contribution is -2.27. The topological polar surface area (TPSA) is 123 Å². The number of pyridine rings is 1. The first-order valence-electron chi connectivity index (χ1n) is 13.8. The average Bonchev–Trinajstić information content (AvgIpc) is 2.97. The van der Waals surface area contributed by atoms with E-state index in [2.05, 4.69) is 24.9 Å². The van der Waals surface area contributed by atoms with Crippen LogP contribution >= 0.6 is 0 Å². The molecule has 6 aromatic rings. The van der Waals surface area contributed by atoms with Crippen LogP contribution in [-0.2, 0) is 10.2 Å². The van der Waals surface area contributed by atoms with E-state index in [0.717, 1.165) is 23.0 Å². The number of ether oxygens (including phenoxy) is 2. The first-order chi connectivity index (χ1) is 21.1. The summed E-state index contributed by atoms with van der Waals surface area (Å²) in [6, 6.07) is 13.4. The maximum absolute atomic E-state index is 14.9. The molecule has 44 heavy (non-hydrogen) atoms. The van der Waals surface area contributed by atoms with E-state index in [-0.39, 0.29) is 59.0 Å². The molecule has 0 spiro atoms. The molecule has 3 aromatic heterocycles. The molecule has 9 nitrogen and oxygen atoms in total. The highest BCUT2D eigenvalue weighted by Crippen LogP contribution is 2.26. The second kappa shape index (κ2) is 11.5. The second-order valence-corrected chi connectivity index (χ2v) is 10.9. The quantitative estimate of drug-likeness (QED) is 0.208. The molecule has 3 heterocycles. The Morgan fingerprint density at radius 2 is 1.55 bits per heavy atom. The van der Waals surface area contributed by atoms with E-state index in [1.807, 2.05) is 38.1 Å². The number of benzene rings is 3. The largest absolute Gasteiger partial charge is 0.491 e. The van der Waals surface area contributed by atoms with Gasteiger partial charge in [0.1, 0.15) is 52.2 Å². The van der Waals surface area contributed by atoms with Gasteiger partial charge in [-0.2, -0.15) is 0 Å². The Morgan fingerprint density at radius 1 is 0.795 bits per heavy atom. The fraction of sp³-hybridized carbons (Fsp3) is 0.219. The molecule has 6 rings (SSSR count). The molecule has 0 aliphatic rings. The molecule has 0 fully saturated rings. The van der Waals surface area contributed by atoms with Gasteiger partial charge in [-0.15, -0.1) is 0 Å². The van der Waals surface area contributed by atoms with E-state index in [9.17, 15) is 22.8 Å². The van der Waals surface area contributed by atoms with Gasteiger partial charge in [0.05, 0.1) is 23.2 Å². The Labute approximate surface area is 247 Å². The molecule has 3 aromatic carbocycles. The molecular formula is C32H26F3N5O4. The summed E-state index contributed by atoms with van der Waals surface area (Å²) in [5.74, 6) is -1.82. The molecule has 0 aliphatic heterocycles. The molecule has 12 heteroatoms. The number of rotatable bonds is 9. The molecule has 224 valence electrons. The zero-order valence-corrected chi connectivity index (χ0v) is 23.7. The van der Waals surface area contributed by atoms with Crippen LogP contribution in [0.5, 0.6) is 5.75 Å². The lowest BCUT2D eigenvalue weighted by atomic mass is 9.88. The van der Waals surface area contributed by atoms with Crippen molar-refractivity contribution in [1.29, 1.82) is 0 Å². The van der Waals surface area contributed by atoms with Crippen molar-refractivity contribution in [2.45, 2.75) is 25.7 Å². The molecule has 0 amide bonds. The van der Waals surface area contributed by atoms with E-state index in [1.165, 1.54) is 6.07 Å². The third-order valence-electron chi connectivity index (χ3n) is 7.34. The Kier molecular flexibility index (Phi) is 7.60. The molecule has 0 saturated heterocycles. The smallest absolute Gasteiger partial charge is 0.262 e. The lowest BCUT2D eigenvalue weighted by Gasteiger charge is -2.23. The fourth-order valence-electron chi connectivity index (χ4n) is 4.92. The van der Waals surface area contributed by atoms with Crippen LogP contribution < -0.4 is 15.9 Å². The van der Waals surface area contributed by atoms with Crippen molar-refractivity contribution in [3.8, 4) is 17.1 Å². The van der Waals surface area contributed by atoms with Crippen LogP contribution in [0.25, 0.3) is 44.1 Å². The number of hydrogen-bond donors (Lipinski definition) is 2. The number of halogens is 3. The molecule has 0 unspecified atom stereocenters. The highest BCUT2D eigenvalue weighted by molar-refractivity contribution is 5.85. The number of fused-ring (bicyclic) bond motifs is 3. The third kappa shape index (κ3) is 5.76. The summed E-state index contributed by atoms with van der Waals surface area (Å²) in [6.45, 7) is 4.14. The first kappa shape index (κ1) is 29.0. The van der Waals surface area contributed by atoms with E-state index < -0.39 is 34.0 Å². The summed E-state index contributed by atoms with van der Waals surface area (Å²) < 4.78 is 54.0. The van der Waals surface area contributed by atoms with Crippen molar-refractivity contribution in [2.75, 3.05) is 19.8 Å². The van der Waals surface area contributed by atoms with Gasteiger partial charge in [0.2, 0.25) is 0 Å². The highest BCUT2D eigenvalue weighted by Gasteiger charge is 2.25. The van der Waals surface area contributed by atoms with Crippen molar-refractivity contribution in [2.24, 2.45) is 0 Å². The summed E-state index contributed by atoms with van der Waals surface area (Å²) >= 11 is 0. The second-order valence-electron chi connectivity index (χ2n) is 10.9. The van der Waals surface area contributed by atoms with Crippen molar-refractivity contribution in [3.63, 3.8) is 0 Å². The number of aromatic amines is 2. The van der Waals surface area contributed by atoms with Gasteiger partial charge in [-0.1, -0.05) is 19.9 Å². The van der Waals surface area contributed by atoms with E-state index in [1.54, 1.807) is 12.3 Å². The van der Waals surface area contributed by atoms with Gasteiger partial charge in [-0.05, 0) is 30.7 Å². The number of nitrogens with one attached hydrogen (secondary N) is 2. The SMILES string of the molecule is CC(C)(CCOCCOc1cc(F)c2c(=O)[nH]c(-c3ccc4ncccc4c3)nc2c1)c1nc2cc(F)cc(F)c2c(=O)[nH]1. The van der Waals surface area contributed by atoms with Gasteiger partial charge in [0.15, 0.2) is 0 Å². The molecular weight excluding hydrogens is 575 g/mol. The fourth-order valence-corrected chi connectivity index (χ4v) is 4.92. The number of aromatic nitrogens is 5. The van der Waals surface area contributed by atoms with Gasteiger partial charge in [-0.3, -0.25) is 14.6 Å². The number of nitrogens with zero attached hydrogens (tertiary/aromatic N) is 3. The van der Waals surface area contributed by atoms with Crippen LogP contribution in [0, 0.1) is 17.5 Å². The highest BCUT2D eigenvalue weighted by atomic mass is 19.1. The van der Waals surface area contributed by atoms with Crippen LogP contribution in [0.1, 0.15) is 26.1 Å². The molecule has 0 aliphatic carbocycles. The van der Waals surface area contributed by atoms with Crippen molar-refractivity contribution in [1.82, 2.24) is 24.9 Å². The predicted molar refractivity (Wildman–Crippen MR) is 159 cm³/mol. The van der Waals surface area contributed by atoms with Crippen LogP contribution in [0.4, 0.5) is 13.2 Å².